The molecule has 0 fully saturated rings. The van der Waals surface area contributed by atoms with Gasteiger partial charge in [-0.25, -0.2) is 4.39 Å². The predicted octanol–water partition coefficient (Wildman–Crippen LogP) is 5.27. The Hall–Kier alpha value is -2.36. The number of phenolic OH excluding ortho intramolecular Hbond substituents is 1. The van der Waals surface area contributed by atoms with Crippen LogP contribution >= 0.6 is 0 Å². The van der Waals surface area contributed by atoms with Crippen LogP contribution in [0.2, 0.25) is 0 Å². The molecule has 0 bridgehead atoms. The molecule has 25 heavy (non-hydrogen) atoms. The van der Waals surface area contributed by atoms with Crippen LogP contribution in [0.5, 0.6) is 5.75 Å². The maximum Gasteiger partial charge on any atom is 0.248 e. The molecule has 134 valence electrons. The van der Waals surface area contributed by atoms with E-state index in [0.29, 0.717) is 5.57 Å². The Balaban J connectivity index is 2.35. The first-order chi connectivity index (χ1) is 11.6. The number of aromatic hydroxyl groups is 1. The van der Waals surface area contributed by atoms with Gasteiger partial charge in [0.25, 0.3) is 0 Å². The second-order valence-electron chi connectivity index (χ2n) is 7.36. The minimum absolute atomic E-state index is 0.0563. The van der Waals surface area contributed by atoms with Crippen LogP contribution in [0, 0.1) is 5.41 Å². The van der Waals surface area contributed by atoms with Crippen LogP contribution in [0.4, 0.5) is 4.39 Å². The van der Waals surface area contributed by atoms with Crippen molar-refractivity contribution in [2.45, 2.75) is 47.0 Å². The average molecular weight is 343 g/mol. The van der Waals surface area contributed by atoms with Crippen molar-refractivity contribution in [3.05, 3.63) is 58.2 Å². The molecule has 1 aromatic rings. The Bertz CT molecular complexity index is 785. The van der Waals surface area contributed by atoms with E-state index < -0.39 is 11.7 Å². The predicted molar refractivity (Wildman–Crippen MR) is 99.8 cm³/mol. The number of hydrogen-bond acceptors (Lipinski definition) is 2. The number of benzene rings is 1. The number of rotatable bonds is 4. The number of hydrogen-bond donors (Lipinski definition) is 2. The summed E-state index contributed by atoms with van der Waals surface area (Å²) in [7, 11) is 0. The van der Waals surface area contributed by atoms with E-state index in [-0.39, 0.29) is 22.3 Å². The number of nitrogens with two attached hydrogens (primary N) is 1. The Kier molecular flexibility index (Phi) is 5.51. The van der Waals surface area contributed by atoms with Gasteiger partial charge in [-0.2, -0.15) is 0 Å². The fraction of sp³-hybridized carbons (Fsp3) is 0.381. The van der Waals surface area contributed by atoms with E-state index >= 15 is 0 Å². The van der Waals surface area contributed by atoms with Gasteiger partial charge in [-0.05, 0) is 67.9 Å². The van der Waals surface area contributed by atoms with Crippen molar-refractivity contribution in [2.75, 3.05) is 0 Å². The molecule has 3 nitrogen and oxygen atoms in total. The summed E-state index contributed by atoms with van der Waals surface area (Å²) in [6.45, 7) is 8.21. The normalized spacial score (nSPS) is 18.4. The molecular weight excluding hydrogens is 317 g/mol. The van der Waals surface area contributed by atoms with Crippen molar-refractivity contribution in [2.24, 2.45) is 11.1 Å². The molecule has 1 amide bonds. The van der Waals surface area contributed by atoms with Crippen LogP contribution < -0.4 is 5.73 Å². The first-order valence-corrected chi connectivity index (χ1v) is 8.51. The van der Waals surface area contributed by atoms with Gasteiger partial charge in [0.2, 0.25) is 5.91 Å². The molecule has 4 heteroatoms. The van der Waals surface area contributed by atoms with E-state index in [9.17, 15) is 14.3 Å². The van der Waals surface area contributed by atoms with Gasteiger partial charge >= 0.3 is 0 Å². The van der Waals surface area contributed by atoms with Gasteiger partial charge in [-0.15, -0.1) is 0 Å². The third-order valence-corrected chi connectivity index (χ3v) is 4.91. The smallest absolute Gasteiger partial charge is 0.248 e. The number of phenols is 1. The molecule has 0 aromatic heterocycles. The lowest BCUT2D eigenvalue weighted by molar-refractivity contribution is 0.1000. The maximum atomic E-state index is 14.7. The second kappa shape index (κ2) is 7.26. The van der Waals surface area contributed by atoms with E-state index in [1.807, 2.05) is 6.08 Å². The molecule has 2 rings (SSSR count). The van der Waals surface area contributed by atoms with Gasteiger partial charge in [-0.3, -0.25) is 4.79 Å². The molecule has 1 aliphatic carbocycles. The van der Waals surface area contributed by atoms with Crippen LogP contribution in [-0.4, -0.2) is 11.0 Å². The summed E-state index contributed by atoms with van der Waals surface area (Å²) >= 11 is 0. The number of allylic oxidation sites excluding steroid dienone is 5. The summed E-state index contributed by atoms with van der Waals surface area (Å²) in [5.74, 6) is -1.48. The zero-order chi connectivity index (χ0) is 18.8. The number of primary amides is 1. The Morgan fingerprint density at radius 3 is 2.60 bits per heavy atom. The maximum absolute atomic E-state index is 14.7. The van der Waals surface area contributed by atoms with Gasteiger partial charge in [0, 0.05) is 5.56 Å². The molecular formula is C21H26FNO2. The standard InChI is InChI=1S/C21H26FNO2/c1-13-6-5-11-21(3,4)17(13)10-7-14(2)19(22)16-9-8-15(20(23)25)12-18(16)24/h7-10,12,24H,5-6,11H2,1-4H3,(H2,23,25)/b10-7+,19-14-. The molecule has 1 aliphatic rings. The number of carbonyl (C=O) groups excluding carboxylic acids is 1. The van der Waals surface area contributed by atoms with Crippen molar-refractivity contribution in [3.63, 3.8) is 0 Å². The summed E-state index contributed by atoms with van der Waals surface area (Å²) in [6, 6.07) is 3.97. The van der Waals surface area contributed by atoms with E-state index in [2.05, 4.69) is 20.8 Å². The van der Waals surface area contributed by atoms with Gasteiger partial charge in [0.15, 0.2) is 0 Å². The SMILES string of the molecule is CC1=C(/C=C/C(C)=C(\F)c2ccc(C(N)=O)cc2O)C(C)(C)CCC1. The topological polar surface area (TPSA) is 63.3 Å². The fourth-order valence-electron chi connectivity index (χ4n) is 3.37. The van der Waals surface area contributed by atoms with E-state index in [1.54, 1.807) is 13.0 Å². The third kappa shape index (κ3) is 4.19. The third-order valence-electron chi connectivity index (χ3n) is 4.91. The number of amides is 1. The number of halogens is 1. The van der Waals surface area contributed by atoms with E-state index in [4.69, 9.17) is 5.73 Å². The summed E-state index contributed by atoms with van der Waals surface area (Å²) in [5.41, 5.74) is 8.46. The highest BCUT2D eigenvalue weighted by atomic mass is 19.1. The van der Waals surface area contributed by atoms with Crippen molar-refractivity contribution >= 4 is 11.7 Å². The van der Waals surface area contributed by atoms with Crippen LogP contribution in [0.1, 0.15) is 62.9 Å². The lowest BCUT2D eigenvalue weighted by Gasteiger charge is -2.33. The highest BCUT2D eigenvalue weighted by Crippen LogP contribution is 2.41. The molecule has 0 unspecified atom stereocenters. The monoisotopic (exact) mass is 343 g/mol. The van der Waals surface area contributed by atoms with Gasteiger partial charge in [0.1, 0.15) is 11.6 Å². The van der Waals surface area contributed by atoms with Crippen LogP contribution in [0.25, 0.3) is 5.83 Å². The first kappa shape index (κ1) is 19.0. The van der Waals surface area contributed by atoms with E-state index in [1.165, 1.54) is 35.8 Å². The largest absolute Gasteiger partial charge is 0.507 e. The molecule has 0 saturated heterocycles. The summed E-state index contributed by atoms with van der Waals surface area (Å²) < 4.78 is 14.7. The van der Waals surface area contributed by atoms with Crippen LogP contribution in [0.15, 0.2) is 47.1 Å². The second-order valence-corrected chi connectivity index (χ2v) is 7.36. The van der Waals surface area contributed by atoms with Crippen molar-refractivity contribution in [3.8, 4) is 5.75 Å². The van der Waals surface area contributed by atoms with Crippen LogP contribution in [0.3, 0.4) is 0 Å². The zero-order valence-corrected chi connectivity index (χ0v) is 15.3. The Labute approximate surface area is 148 Å². The Morgan fingerprint density at radius 2 is 2.04 bits per heavy atom. The first-order valence-electron chi connectivity index (χ1n) is 8.51. The van der Waals surface area contributed by atoms with Gasteiger partial charge in [-0.1, -0.05) is 31.6 Å². The molecule has 0 spiro atoms. The lowest BCUT2D eigenvalue weighted by atomic mass is 9.72. The summed E-state index contributed by atoms with van der Waals surface area (Å²) in [6.07, 6.45) is 7.11. The molecule has 0 radical (unpaired) electrons. The Morgan fingerprint density at radius 1 is 1.36 bits per heavy atom. The minimum Gasteiger partial charge on any atom is -0.507 e. The highest BCUT2D eigenvalue weighted by Gasteiger charge is 2.26. The quantitative estimate of drug-likeness (QED) is 0.731. The van der Waals surface area contributed by atoms with Crippen molar-refractivity contribution in [1.82, 2.24) is 0 Å². The van der Waals surface area contributed by atoms with Gasteiger partial charge < -0.3 is 10.8 Å². The lowest BCUT2D eigenvalue weighted by Crippen LogP contribution is -2.19. The molecule has 0 atom stereocenters. The highest BCUT2D eigenvalue weighted by molar-refractivity contribution is 5.93. The van der Waals surface area contributed by atoms with Crippen molar-refractivity contribution in [1.29, 1.82) is 0 Å². The van der Waals surface area contributed by atoms with E-state index in [0.717, 1.165) is 12.8 Å². The molecule has 0 heterocycles. The molecule has 3 N–H and O–H groups in total. The molecule has 0 aliphatic heterocycles. The molecule has 1 aromatic carbocycles. The zero-order valence-electron chi connectivity index (χ0n) is 15.3. The average Bonchev–Trinajstić information content (AvgIpc) is 2.52. The number of carbonyl (C=O) groups is 1. The summed E-state index contributed by atoms with van der Waals surface area (Å²) in [4.78, 5) is 11.1. The molecule has 0 saturated carbocycles. The summed E-state index contributed by atoms with van der Waals surface area (Å²) in [5, 5.41) is 9.99. The fourth-order valence-corrected chi connectivity index (χ4v) is 3.37. The van der Waals surface area contributed by atoms with Crippen LogP contribution in [-0.2, 0) is 0 Å². The minimum atomic E-state index is -0.662. The van der Waals surface area contributed by atoms with Crippen molar-refractivity contribution < 1.29 is 14.3 Å². The van der Waals surface area contributed by atoms with Gasteiger partial charge in [0.05, 0.1) is 5.56 Å².